The van der Waals surface area contributed by atoms with Crippen molar-refractivity contribution in [1.82, 2.24) is 15.5 Å². The van der Waals surface area contributed by atoms with Crippen LogP contribution in [0.1, 0.15) is 57.6 Å². The highest BCUT2D eigenvalue weighted by Crippen LogP contribution is 2.28. The number of carbonyl (C=O) groups excluding carboxylic acids is 2. The number of likely N-dealkylation sites (tertiary alicyclic amines) is 1. The van der Waals surface area contributed by atoms with Gasteiger partial charge in [-0.3, -0.25) is 0 Å². The van der Waals surface area contributed by atoms with Crippen LogP contribution in [0.4, 0.5) is 15.3 Å². The Morgan fingerprint density at radius 1 is 0.850 bits per heavy atom. The zero-order valence-corrected chi connectivity index (χ0v) is 24.7. The summed E-state index contributed by atoms with van der Waals surface area (Å²) in [6, 6.07) is 14.7. The predicted molar refractivity (Wildman–Crippen MR) is 158 cm³/mol. The molecule has 220 valence electrons. The average molecular weight is 555 g/mol. The molecule has 1 aliphatic rings. The SMILES string of the molecule is COc1ccc(CCCCNC(=O)N2CCC(Nc3ccc(CCNC(=O)OC(C)(C)C)cc3)CC2)cc1OC. The standard InChI is InChI=1S/C31H46N4O5/c1-31(2,3)40-30(37)33-19-15-23-9-12-25(13-10-23)34-26-16-20-35(21-17-26)29(36)32-18-7-6-8-24-11-14-27(38-4)28(22-24)39-5/h9-14,22,26,34H,6-8,15-21H2,1-5H3,(H,32,36)(H,33,37). The Morgan fingerprint density at radius 2 is 1.52 bits per heavy atom. The summed E-state index contributed by atoms with van der Waals surface area (Å²) < 4.78 is 15.9. The van der Waals surface area contributed by atoms with E-state index >= 15 is 0 Å². The van der Waals surface area contributed by atoms with Gasteiger partial charge in [-0.2, -0.15) is 0 Å². The topological polar surface area (TPSA) is 101 Å². The van der Waals surface area contributed by atoms with E-state index in [1.165, 1.54) is 5.56 Å². The van der Waals surface area contributed by atoms with E-state index in [4.69, 9.17) is 14.2 Å². The van der Waals surface area contributed by atoms with Gasteiger partial charge in [0.15, 0.2) is 11.5 Å². The van der Waals surface area contributed by atoms with Gasteiger partial charge in [-0.15, -0.1) is 0 Å². The number of unbranched alkanes of at least 4 members (excludes halogenated alkanes) is 1. The van der Waals surface area contributed by atoms with Gasteiger partial charge < -0.3 is 35.1 Å². The second-order valence-corrected chi connectivity index (χ2v) is 11.2. The number of ether oxygens (including phenoxy) is 3. The van der Waals surface area contributed by atoms with Crippen LogP contribution in [0.5, 0.6) is 11.5 Å². The van der Waals surface area contributed by atoms with Crippen LogP contribution in [0.3, 0.4) is 0 Å². The summed E-state index contributed by atoms with van der Waals surface area (Å²) in [5.74, 6) is 1.48. The quantitative estimate of drug-likeness (QED) is 0.305. The Hall–Kier alpha value is -3.62. The van der Waals surface area contributed by atoms with Gasteiger partial charge in [0.25, 0.3) is 0 Å². The number of aryl methyl sites for hydroxylation is 1. The van der Waals surface area contributed by atoms with Crippen LogP contribution in [0.25, 0.3) is 0 Å². The van der Waals surface area contributed by atoms with Gasteiger partial charge in [-0.25, -0.2) is 9.59 Å². The molecule has 3 N–H and O–H groups in total. The molecule has 0 bridgehead atoms. The van der Waals surface area contributed by atoms with Crippen molar-refractivity contribution in [3.8, 4) is 11.5 Å². The second kappa shape index (κ2) is 15.2. The van der Waals surface area contributed by atoms with Crippen LogP contribution in [-0.4, -0.2) is 69.1 Å². The number of benzene rings is 2. The first-order chi connectivity index (χ1) is 19.2. The van der Waals surface area contributed by atoms with E-state index in [2.05, 4.69) is 46.3 Å². The normalized spacial score (nSPS) is 13.9. The van der Waals surface area contributed by atoms with Gasteiger partial charge in [0.1, 0.15) is 5.60 Å². The number of amides is 3. The minimum atomic E-state index is -0.494. The Morgan fingerprint density at radius 3 is 2.17 bits per heavy atom. The van der Waals surface area contributed by atoms with Crippen molar-refractivity contribution < 1.29 is 23.8 Å². The van der Waals surface area contributed by atoms with Crippen LogP contribution in [0.2, 0.25) is 0 Å². The summed E-state index contributed by atoms with van der Waals surface area (Å²) >= 11 is 0. The van der Waals surface area contributed by atoms with E-state index in [1.54, 1.807) is 14.2 Å². The Labute approximate surface area is 238 Å². The highest BCUT2D eigenvalue weighted by atomic mass is 16.6. The fourth-order valence-electron chi connectivity index (χ4n) is 4.65. The van der Waals surface area contributed by atoms with E-state index < -0.39 is 11.7 Å². The number of carbonyl (C=O) groups is 2. The molecule has 0 radical (unpaired) electrons. The van der Waals surface area contributed by atoms with Crippen molar-refractivity contribution in [2.24, 2.45) is 0 Å². The van der Waals surface area contributed by atoms with Crippen LogP contribution < -0.4 is 25.4 Å². The van der Waals surface area contributed by atoms with Crippen LogP contribution >= 0.6 is 0 Å². The van der Waals surface area contributed by atoms with Crippen LogP contribution in [-0.2, 0) is 17.6 Å². The van der Waals surface area contributed by atoms with Crippen molar-refractivity contribution in [2.45, 2.75) is 70.9 Å². The molecule has 2 aromatic carbocycles. The lowest BCUT2D eigenvalue weighted by atomic mass is 10.0. The molecule has 0 aromatic heterocycles. The Balaban J connectivity index is 1.28. The third kappa shape index (κ3) is 10.5. The van der Waals surface area contributed by atoms with Gasteiger partial charge in [0, 0.05) is 37.9 Å². The summed E-state index contributed by atoms with van der Waals surface area (Å²) in [5.41, 5.74) is 2.92. The number of methoxy groups -OCH3 is 2. The molecule has 1 saturated heterocycles. The highest BCUT2D eigenvalue weighted by Gasteiger charge is 2.22. The fourth-order valence-corrected chi connectivity index (χ4v) is 4.65. The lowest BCUT2D eigenvalue weighted by Gasteiger charge is -2.33. The molecule has 40 heavy (non-hydrogen) atoms. The van der Waals surface area contributed by atoms with E-state index in [0.29, 0.717) is 19.1 Å². The Bertz CT molecular complexity index is 1080. The molecule has 0 saturated carbocycles. The number of urea groups is 1. The lowest BCUT2D eigenvalue weighted by Crippen LogP contribution is -2.47. The summed E-state index contributed by atoms with van der Waals surface area (Å²) in [6.45, 7) is 8.23. The molecule has 0 atom stereocenters. The second-order valence-electron chi connectivity index (χ2n) is 11.2. The largest absolute Gasteiger partial charge is 0.493 e. The molecule has 0 unspecified atom stereocenters. The predicted octanol–water partition coefficient (Wildman–Crippen LogP) is 5.38. The molecular formula is C31H46N4O5. The van der Waals surface area contributed by atoms with Crippen LogP contribution in [0, 0.1) is 0 Å². The third-order valence-corrected chi connectivity index (χ3v) is 6.81. The summed E-state index contributed by atoms with van der Waals surface area (Å²) in [5, 5.41) is 9.46. The highest BCUT2D eigenvalue weighted by molar-refractivity contribution is 5.74. The van der Waals surface area contributed by atoms with Gasteiger partial charge in [0.2, 0.25) is 0 Å². The van der Waals surface area contributed by atoms with Gasteiger partial charge in [-0.1, -0.05) is 18.2 Å². The van der Waals surface area contributed by atoms with Gasteiger partial charge >= 0.3 is 12.1 Å². The number of hydrogen-bond donors (Lipinski definition) is 3. The summed E-state index contributed by atoms with van der Waals surface area (Å²) in [6.07, 6.45) is 5.01. The summed E-state index contributed by atoms with van der Waals surface area (Å²) in [7, 11) is 3.28. The average Bonchev–Trinajstić information content (AvgIpc) is 2.93. The first kappa shape index (κ1) is 30.9. The van der Waals surface area contributed by atoms with Crippen LogP contribution in [0.15, 0.2) is 42.5 Å². The van der Waals surface area contributed by atoms with Crippen molar-refractivity contribution >= 4 is 17.8 Å². The molecule has 2 aromatic rings. The van der Waals surface area contributed by atoms with Crippen molar-refractivity contribution in [3.63, 3.8) is 0 Å². The van der Waals surface area contributed by atoms with Crippen molar-refractivity contribution in [1.29, 1.82) is 0 Å². The molecule has 9 nitrogen and oxygen atoms in total. The molecule has 3 rings (SSSR count). The molecule has 1 aliphatic heterocycles. The van der Waals surface area contributed by atoms with Crippen molar-refractivity contribution in [3.05, 3.63) is 53.6 Å². The molecule has 1 heterocycles. The number of hydrogen-bond acceptors (Lipinski definition) is 6. The lowest BCUT2D eigenvalue weighted by molar-refractivity contribution is 0.0528. The van der Waals surface area contributed by atoms with Crippen molar-refractivity contribution in [2.75, 3.05) is 45.7 Å². The Kier molecular flexibility index (Phi) is 11.8. The smallest absolute Gasteiger partial charge is 0.407 e. The van der Waals surface area contributed by atoms with Gasteiger partial charge in [-0.05, 0) is 94.7 Å². The molecule has 3 amide bonds. The molecule has 9 heteroatoms. The number of nitrogens with zero attached hydrogens (tertiary/aromatic N) is 1. The third-order valence-electron chi connectivity index (χ3n) is 6.81. The maximum absolute atomic E-state index is 12.6. The fraction of sp³-hybridized carbons (Fsp3) is 0.548. The van der Waals surface area contributed by atoms with E-state index in [9.17, 15) is 9.59 Å². The maximum atomic E-state index is 12.6. The molecular weight excluding hydrogens is 508 g/mol. The van der Waals surface area contributed by atoms with E-state index in [-0.39, 0.29) is 6.03 Å². The first-order valence-corrected chi connectivity index (χ1v) is 14.2. The zero-order chi connectivity index (χ0) is 29.0. The van der Waals surface area contributed by atoms with E-state index in [0.717, 1.165) is 74.4 Å². The minimum Gasteiger partial charge on any atom is -0.493 e. The van der Waals surface area contributed by atoms with Gasteiger partial charge in [0.05, 0.1) is 14.2 Å². The number of rotatable bonds is 12. The molecule has 1 fully saturated rings. The number of anilines is 1. The molecule has 0 spiro atoms. The zero-order valence-electron chi connectivity index (χ0n) is 24.7. The summed E-state index contributed by atoms with van der Waals surface area (Å²) in [4.78, 5) is 26.3. The number of alkyl carbamates (subject to hydrolysis) is 1. The number of nitrogens with one attached hydrogen (secondary N) is 3. The first-order valence-electron chi connectivity index (χ1n) is 14.2. The number of piperidine rings is 1. The molecule has 0 aliphatic carbocycles. The minimum absolute atomic E-state index is 0.0221. The maximum Gasteiger partial charge on any atom is 0.407 e. The van der Waals surface area contributed by atoms with E-state index in [1.807, 2.05) is 37.8 Å². The monoisotopic (exact) mass is 554 g/mol.